The first kappa shape index (κ1) is 12.9. The predicted molar refractivity (Wildman–Crippen MR) is 56.4 cm³/mol. The van der Waals surface area contributed by atoms with Gasteiger partial charge in [0.25, 0.3) is 0 Å². The van der Waals surface area contributed by atoms with Gasteiger partial charge in [0, 0.05) is 0 Å². The zero-order valence-electron chi connectivity index (χ0n) is 9.09. The molecule has 6 heteroatoms. The Balaban J connectivity index is 2.98. The van der Waals surface area contributed by atoms with E-state index in [0.717, 1.165) is 12.1 Å². The SMILES string of the molecule is CCOc1c(F)ccc(NC(=O)CC#N)c1F. The molecule has 0 spiro atoms. The van der Waals surface area contributed by atoms with Crippen LogP contribution in [0.1, 0.15) is 13.3 Å². The molecule has 0 radical (unpaired) electrons. The topological polar surface area (TPSA) is 62.1 Å². The van der Waals surface area contributed by atoms with Crippen LogP contribution in [0.15, 0.2) is 12.1 Å². The number of anilines is 1. The predicted octanol–water partition coefficient (Wildman–Crippen LogP) is 2.22. The summed E-state index contributed by atoms with van der Waals surface area (Å²) >= 11 is 0. The lowest BCUT2D eigenvalue weighted by atomic mass is 10.2. The fourth-order valence-corrected chi connectivity index (χ4v) is 1.17. The number of carbonyl (C=O) groups is 1. The second-order valence-corrected chi connectivity index (χ2v) is 3.05. The van der Waals surface area contributed by atoms with E-state index in [2.05, 4.69) is 5.32 Å². The molecule has 1 amide bonds. The normalized spacial score (nSPS) is 9.53. The molecule has 0 saturated carbocycles. The zero-order chi connectivity index (χ0) is 12.8. The summed E-state index contributed by atoms with van der Waals surface area (Å²) < 4.78 is 31.6. The number of carbonyl (C=O) groups excluding carboxylic acids is 1. The lowest BCUT2D eigenvalue weighted by molar-refractivity contribution is -0.115. The van der Waals surface area contributed by atoms with Gasteiger partial charge in [-0.2, -0.15) is 5.26 Å². The summed E-state index contributed by atoms with van der Waals surface area (Å²) in [5.74, 6) is -3.04. The van der Waals surface area contributed by atoms with Gasteiger partial charge < -0.3 is 10.1 Å². The highest BCUT2D eigenvalue weighted by atomic mass is 19.1. The molecule has 1 aromatic rings. The number of rotatable bonds is 4. The Bertz CT molecular complexity index is 469. The first-order chi connectivity index (χ1) is 8.10. The highest BCUT2D eigenvalue weighted by Gasteiger charge is 2.16. The smallest absolute Gasteiger partial charge is 0.238 e. The second kappa shape index (κ2) is 5.80. The van der Waals surface area contributed by atoms with Crippen LogP contribution < -0.4 is 10.1 Å². The summed E-state index contributed by atoms with van der Waals surface area (Å²) in [5, 5.41) is 10.4. The minimum Gasteiger partial charge on any atom is -0.488 e. The summed E-state index contributed by atoms with van der Waals surface area (Å²) in [4.78, 5) is 11.1. The van der Waals surface area contributed by atoms with Gasteiger partial charge in [0.05, 0.1) is 18.4 Å². The molecule has 0 heterocycles. The van der Waals surface area contributed by atoms with Crippen LogP contribution in [0.25, 0.3) is 0 Å². The van der Waals surface area contributed by atoms with Crippen LogP contribution in [0, 0.1) is 23.0 Å². The van der Waals surface area contributed by atoms with Crippen LogP contribution in [0.5, 0.6) is 5.75 Å². The van der Waals surface area contributed by atoms with E-state index in [9.17, 15) is 13.6 Å². The Hall–Kier alpha value is -2.16. The molecule has 1 rings (SSSR count). The molecule has 1 N–H and O–H groups in total. The van der Waals surface area contributed by atoms with Crippen LogP contribution in [-0.4, -0.2) is 12.5 Å². The number of benzene rings is 1. The van der Waals surface area contributed by atoms with Crippen molar-refractivity contribution in [2.45, 2.75) is 13.3 Å². The summed E-state index contributed by atoms with van der Waals surface area (Å²) in [6.07, 6.45) is -0.402. The van der Waals surface area contributed by atoms with Crippen LogP contribution in [0.4, 0.5) is 14.5 Å². The lowest BCUT2D eigenvalue weighted by Gasteiger charge is -2.10. The maximum Gasteiger partial charge on any atom is 0.238 e. The van der Waals surface area contributed by atoms with Gasteiger partial charge in [-0.3, -0.25) is 4.79 Å². The minimum absolute atomic E-state index is 0.101. The molecule has 90 valence electrons. The summed E-state index contributed by atoms with van der Waals surface area (Å²) in [6, 6.07) is 3.67. The standard InChI is InChI=1S/C11H10F2N2O2/c1-2-17-11-7(12)3-4-8(10(11)13)15-9(16)5-6-14/h3-4H,2,5H2,1H3,(H,15,16). The number of nitrogens with one attached hydrogen (secondary N) is 1. The molecule has 0 aliphatic rings. The molecular weight excluding hydrogens is 230 g/mol. The van der Waals surface area contributed by atoms with Crippen LogP contribution >= 0.6 is 0 Å². The number of hydrogen-bond acceptors (Lipinski definition) is 3. The largest absolute Gasteiger partial charge is 0.488 e. The van der Waals surface area contributed by atoms with E-state index in [1.807, 2.05) is 0 Å². The maximum atomic E-state index is 13.7. The summed E-state index contributed by atoms with van der Waals surface area (Å²) in [7, 11) is 0. The average molecular weight is 240 g/mol. The van der Waals surface area contributed by atoms with Crippen molar-refractivity contribution in [2.24, 2.45) is 0 Å². The van der Waals surface area contributed by atoms with Crippen molar-refractivity contribution in [1.82, 2.24) is 0 Å². The van der Waals surface area contributed by atoms with Crippen molar-refractivity contribution >= 4 is 11.6 Å². The Morgan fingerprint density at radius 2 is 2.24 bits per heavy atom. The second-order valence-electron chi connectivity index (χ2n) is 3.05. The molecule has 4 nitrogen and oxygen atoms in total. The van der Waals surface area contributed by atoms with Crippen LogP contribution in [0.3, 0.4) is 0 Å². The highest BCUT2D eigenvalue weighted by molar-refractivity contribution is 5.92. The third kappa shape index (κ3) is 3.14. The number of amides is 1. The van der Waals surface area contributed by atoms with Crippen LogP contribution in [0.2, 0.25) is 0 Å². The van der Waals surface area contributed by atoms with E-state index in [-0.39, 0.29) is 12.3 Å². The maximum absolute atomic E-state index is 13.7. The molecule has 0 aliphatic carbocycles. The van der Waals surface area contributed by atoms with Gasteiger partial charge >= 0.3 is 0 Å². The number of nitrogens with zero attached hydrogens (tertiary/aromatic N) is 1. The van der Waals surface area contributed by atoms with Crippen LogP contribution in [-0.2, 0) is 4.79 Å². The van der Waals surface area contributed by atoms with Crippen molar-refractivity contribution in [3.63, 3.8) is 0 Å². The number of hydrogen-bond donors (Lipinski definition) is 1. The molecular formula is C11H10F2N2O2. The van der Waals surface area contributed by atoms with Gasteiger partial charge in [-0.15, -0.1) is 0 Å². The average Bonchev–Trinajstić information content (AvgIpc) is 2.29. The summed E-state index contributed by atoms with van der Waals surface area (Å²) in [6.45, 7) is 1.68. The van der Waals surface area contributed by atoms with Crippen molar-refractivity contribution in [2.75, 3.05) is 11.9 Å². The van der Waals surface area contributed by atoms with E-state index >= 15 is 0 Å². The fraction of sp³-hybridized carbons (Fsp3) is 0.273. The molecule has 0 aromatic heterocycles. The molecule has 0 atom stereocenters. The van der Waals surface area contributed by atoms with E-state index in [0.29, 0.717) is 0 Å². The van der Waals surface area contributed by atoms with E-state index in [1.54, 1.807) is 13.0 Å². The van der Waals surface area contributed by atoms with Crippen molar-refractivity contribution < 1.29 is 18.3 Å². The fourth-order valence-electron chi connectivity index (χ4n) is 1.17. The summed E-state index contributed by atoms with van der Waals surface area (Å²) in [5.41, 5.74) is -0.213. The van der Waals surface area contributed by atoms with Crippen molar-refractivity contribution in [1.29, 1.82) is 5.26 Å². The van der Waals surface area contributed by atoms with Crippen molar-refractivity contribution in [3.8, 4) is 11.8 Å². The molecule has 0 bridgehead atoms. The Morgan fingerprint density at radius 1 is 1.53 bits per heavy atom. The molecule has 0 saturated heterocycles. The lowest BCUT2D eigenvalue weighted by Crippen LogP contribution is -2.12. The van der Waals surface area contributed by atoms with Gasteiger partial charge in [0.15, 0.2) is 17.4 Å². The molecule has 1 aromatic carbocycles. The Labute approximate surface area is 96.8 Å². The highest BCUT2D eigenvalue weighted by Crippen LogP contribution is 2.27. The zero-order valence-corrected chi connectivity index (χ0v) is 9.09. The number of ether oxygens (including phenoxy) is 1. The molecule has 0 aliphatic heterocycles. The van der Waals surface area contributed by atoms with Gasteiger partial charge in [0.2, 0.25) is 5.91 Å². The Kier molecular flexibility index (Phi) is 4.40. The van der Waals surface area contributed by atoms with Gasteiger partial charge in [0.1, 0.15) is 6.42 Å². The van der Waals surface area contributed by atoms with E-state index < -0.39 is 29.7 Å². The van der Waals surface area contributed by atoms with E-state index in [4.69, 9.17) is 10.00 Å². The quantitative estimate of drug-likeness (QED) is 0.877. The number of nitriles is 1. The van der Waals surface area contributed by atoms with Gasteiger partial charge in [-0.05, 0) is 19.1 Å². The van der Waals surface area contributed by atoms with Crippen molar-refractivity contribution in [3.05, 3.63) is 23.8 Å². The van der Waals surface area contributed by atoms with Gasteiger partial charge in [-0.1, -0.05) is 0 Å². The third-order valence-electron chi connectivity index (χ3n) is 1.85. The molecule has 17 heavy (non-hydrogen) atoms. The monoisotopic (exact) mass is 240 g/mol. The Morgan fingerprint density at radius 3 is 2.82 bits per heavy atom. The molecule has 0 fully saturated rings. The third-order valence-corrected chi connectivity index (χ3v) is 1.85. The molecule has 0 unspecified atom stereocenters. The van der Waals surface area contributed by atoms with Gasteiger partial charge in [-0.25, -0.2) is 8.78 Å². The number of halogens is 2. The first-order valence-corrected chi connectivity index (χ1v) is 4.87. The first-order valence-electron chi connectivity index (χ1n) is 4.87. The minimum atomic E-state index is -0.988. The van der Waals surface area contributed by atoms with E-state index in [1.165, 1.54) is 0 Å².